The summed E-state index contributed by atoms with van der Waals surface area (Å²) in [7, 11) is 1.69. The third-order valence-corrected chi connectivity index (χ3v) is 3.17. The fourth-order valence-electron chi connectivity index (χ4n) is 1.91. The van der Waals surface area contributed by atoms with Gasteiger partial charge in [0.25, 0.3) is 0 Å². The normalized spacial score (nSPS) is 27.3. The zero-order chi connectivity index (χ0) is 10.7. The molecule has 4 nitrogen and oxygen atoms in total. The van der Waals surface area contributed by atoms with E-state index in [9.17, 15) is 4.79 Å². The van der Waals surface area contributed by atoms with Crippen LogP contribution in [0.3, 0.4) is 0 Å². The van der Waals surface area contributed by atoms with Gasteiger partial charge in [0.2, 0.25) is 5.91 Å². The van der Waals surface area contributed by atoms with Crippen molar-refractivity contribution in [3.05, 3.63) is 0 Å². The maximum Gasteiger partial charge on any atom is 0.224 e. The summed E-state index contributed by atoms with van der Waals surface area (Å²) >= 11 is 0. The first-order valence-electron chi connectivity index (χ1n) is 5.27. The Morgan fingerprint density at radius 2 is 2.21 bits per heavy atom. The summed E-state index contributed by atoms with van der Waals surface area (Å²) in [5.74, 6) is 0.311. The van der Waals surface area contributed by atoms with Crippen LogP contribution in [0.2, 0.25) is 0 Å². The molecule has 0 spiro atoms. The van der Waals surface area contributed by atoms with E-state index in [4.69, 9.17) is 5.73 Å². The molecule has 1 heterocycles. The molecule has 1 amide bonds. The number of carbonyl (C=O) groups is 1. The summed E-state index contributed by atoms with van der Waals surface area (Å²) in [6.07, 6.45) is 0.955. The van der Waals surface area contributed by atoms with Gasteiger partial charge in [0.15, 0.2) is 0 Å². The molecule has 3 N–H and O–H groups in total. The topological polar surface area (TPSA) is 58.4 Å². The smallest absolute Gasteiger partial charge is 0.224 e. The Labute approximate surface area is 85.8 Å². The number of nitrogens with two attached hydrogens (primary N) is 1. The van der Waals surface area contributed by atoms with Crippen LogP contribution in [-0.4, -0.2) is 43.0 Å². The van der Waals surface area contributed by atoms with Crippen LogP contribution < -0.4 is 11.1 Å². The van der Waals surface area contributed by atoms with Crippen molar-refractivity contribution in [2.75, 3.05) is 20.1 Å². The molecular weight excluding hydrogens is 178 g/mol. The van der Waals surface area contributed by atoms with Crippen molar-refractivity contribution in [2.24, 2.45) is 11.7 Å². The molecular formula is C10H21N3O. The molecule has 14 heavy (non-hydrogen) atoms. The molecule has 1 aliphatic rings. The summed E-state index contributed by atoms with van der Waals surface area (Å²) in [6.45, 7) is 5.97. The number of amides is 1. The number of nitrogens with one attached hydrogen (secondary N) is 1. The van der Waals surface area contributed by atoms with Crippen LogP contribution in [0.4, 0.5) is 0 Å². The van der Waals surface area contributed by atoms with E-state index in [1.807, 2.05) is 6.92 Å². The largest absolute Gasteiger partial charge is 0.359 e. The molecule has 1 saturated heterocycles. The van der Waals surface area contributed by atoms with Gasteiger partial charge >= 0.3 is 0 Å². The molecule has 4 heteroatoms. The maximum atomic E-state index is 11.4. The number of hydrogen-bond donors (Lipinski definition) is 2. The number of likely N-dealkylation sites (tertiary alicyclic amines) is 1. The van der Waals surface area contributed by atoms with Crippen LogP contribution in [0.25, 0.3) is 0 Å². The Bertz CT molecular complexity index is 206. The van der Waals surface area contributed by atoms with Crippen molar-refractivity contribution in [1.82, 2.24) is 10.2 Å². The zero-order valence-corrected chi connectivity index (χ0v) is 9.29. The van der Waals surface area contributed by atoms with Gasteiger partial charge in [0, 0.05) is 25.7 Å². The average Bonchev–Trinajstić information content (AvgIpc) is 2.64. The van der Waals surface area contributed by atoms with Crippen LogP contribution in [-0.2, 0) is 4.79 Å². The minimum Gasteiger partial charge on any atom is -0.359 e. The second-order valence-electron chi connectivity index (χ2n) is 4.19. The molecule has 82 valence electrons. The molecule has 3 unspecified atom stereocenters. The van der Waals surface area contributed by atoms with Gasteiger partial charge in [-0.3, -0.25) is 9.69 Å². The lowest BCUT2D eigenvalue weighted by molar-refractivity contribution is -0.124. The highest BCUT2D eigenvalue weighted by Crippen LogP contribution is 2.19. The van der Waals surface area contributed by atoms with Crippen molar-refractivity contribution < 1.29 is 4.79 Å². The van der Waals surface area contributed by atoms with E-state index < -0.39 is 0 Å². The lowest BCUT2D eigenvalue weighted by Crippen LogP contribution is -2.43. The third kappa shape index (κ3) is 2.45. The summed E-state index contributed by atoms with van der Waals surface area (Å²) in [5, 5.41) is 2.70. The van der Waals surface area contributed by atoms with Crippen molar-refractivity contribution >= 4 is 5.91 Å². The lowest BCUT2D eigenvalue weighted by Gasteiger charge is -2.27. The van der Waals surface area contributed by atoms with E-state index in [0.29, 0.717) is 6.04 Å². The highest BCUT2D eigenvalue weighted by Gasteiger charge is 2.30. The van der Waals surface area contributed by atoms with Crippen molar-refractivity contribution in [3.63, 3.8) is 0 Å². The van der Waals surface area contributed by atoms with Gasteiger partial charge in [0.1, 0.15) is 0 Å². The Hall–Kier alpha value is -0.610. The SMILES string of the molecule is CNC(=O)C1CCN(C(C)C(C)N)C1. The molecule has 1 rings (SSSR count). The van der Waals surface area contributed by atoms with E-state index in [2.05, 4.69) is 17.1 Å². The summed E-state index contributed by atoms with van der Waals surface area (Å²) in [5.41, 5.74) is 5.83. The van der Waals surface area contributed by atoms with Gasteiger partial charge in [-0.2, -0.15) is 0 Å². The van der Waals surface area contributed by atoms with Crippen molar-refractivity contribution in [2.45, 2.75) is 32.4 Å². The van der Waals surface area contributed by atoms with Gasteiger partial charge < -0.3 is 11.1 Å². The lowest BCUT2D eigenvalue weighted by atomic mass is 10.1. The van der Waals surface area contributed by atoms with Crippen LogP contribution in [0.1, 0.15) is 20.3 Å². The Balaban J connectivity index is 2.45. The highest BCUT2D eigenvalue weighted by molar-refractivity contribution is 5.78. The molecule has 1 aliphatic heterocycles. The first-order chi connectivity index (χ1) is 6.56. The fraction of sp³-hybridized carbons (Fsp3) is 0.900. The van der Waals surface area contributed by atoms with Gasteiger partial charge in [0.05, 0.1) is 5.92 Å². The number of hydrogen-bond acceptors (Lipinski definition) is 3. The van der Waals surface area contributed by atoms with Gasteiger partial charge in [-0.05, 0) is 26.8 Å². The number of carbonyl (C=O) groups excluding carboxylic acids is 1. The maximum absolute atomic E-state index is 11.4. The van der Waals surface area contributed by atoms with Crippen LogP contribution >= 0.6 is 0 Å². The first-order valence-corrected chi connectivity index (χ1v) is 5.27. The predicted octanol–water partition coefficient (Wildman–Crippen LogP) is -0.210. The number of rotatable bonds is 3. The standard InChI is InChI=1S/C10H21N3O/c1-7(11)8(2)13-5-4-9(6-13)10(14)12-3/h7-9H,4-6,11H2,1-3H3,(H,12,14). The Morgan fingerprint density at radius 3 is 2.71 bits per heavy atom. The van der Waals surface area contributed by atoms with Crippen molar-refractivity contribution in [3.8, 4) is 0 Å². The molecule has 0 aromatic heterocycles. The Morgan fingerprint density at radius 1 is 1.57 bits per heavy atom. The van der Waals surface area contributed by atoms with Gasteiger partial charge in [-0.1, -0.05) is 0 Å². The molecule has 0 aliphatic carbocycles. The fourth-order valence-corrected chi connectivity index (χ4v) is 1.91. The Kier molecular flexibility index (Phi) is 3.89. The minimum atomic E-state index is 0.154. The first kappa shape index (κ1) is 11.5. The molecule has 0 saturated carbocycles. The van der Waals surface area contributed by atoms with Crippen LogP contribution in [0.5, 0.6) is 0 Å². The minimum absolute atomic E-state index is 0.154. The van der Waals surface area contributed by atoms with E-state index in [0.717, 1.165) is 19.5 Å². The quantitative estimate of drug-likeness (QED) is 0.661. The van der Waals surface area contributed by atoms with E-state index in [-0.39, 0.29) is 17.9 Å². The molecule has 0 bridgehead atoms. The van der Waals surface area contributed by atoms with Gasteiger partial charge in [-0.25, -0.2) is 0 Å². The second kappa shape index (κ2) is 4.75. The highest BCUT2D eigenvalue weighted by atomic mass is 16.1. The van der Waals surface area contributed by atoms with E-state index >= 15 is 0 Å². The molecule has 0 aromatic rings. The molecule has 3 atom stereocenters. The monoisotopic (exact) mass is 199 g/mol. The molecule has 1 fully saturated rings. The van der Waals surface area contributed by atoms with E-state index in [1.54, 1.807) is 7.05 Å². The summed E-state index contributed by atoms with van der Waals surface area (Å²) in [4.78, 5) is 13.7. The molecule has 0 radical (unpaired) electrons. The van der Waals surface area contributed by atoms with E-state index in [1.165, 1.54) is 0 Å². The summed E-state index contributed by atoms with van der Waals surface area (Å²) < 4.78 is 0. The predicted molar refractivity (Wildman–Crippen MR) is 56.9 cm³/mol. The van der Waals surface area contributed by atoms with Crippen LogP contribution in [0.15, 0.2) is 0 Å². The van der Waals surface area contributed by atoms with Crippen molar-refractivity contribution in [1.29, 1.82) is 0 Å². The number of nitrogens with zero attached hydrogens (tertiary/aromatic N) is 1. The van der Waals surface area contributed by atoms with Gasteiger partial charge in [-0.15, -0.1) is 0 Å². The second-order valence-corrected chi connectivity index (χ2v) is 4.19. The average molecular weight is 199 g/mol. The molecule has 0 aromatic carbocycles. The summed E-state index contributed by atoms with van der Waals surface area (Å²) in [6, 6.07) is 0.531. The zero-order valence-electron chi connectivity index (χ0n) is 9.29. The van der Waals surface area contributed by atoms with Crippen LogP contribution in [0, 0.1) is 5.92 Å². The third-order valence-electron chi connectivity index (χ3n) is 3.17.